The third-order valence-electron chi connectivity index (χ3n) is 5.39. The highest BCUT2D eigenvalue weighted by molar-refractivity contribution is 6.04. The maximum absolute atomic E-state index is 12.3. The second kappa shape index (κ2) is 12.0. The van der Waals surface area contributed by atoms with E-state index in [1.54, 1.807) is 31.4 Å². The first-order valence-corrected chi connectivity index (χ1v) is 10.9. The lowest BCUT2D eigenvalue weighted by molar-refractivity contribution is -0.110. The van der Waals surface area contributed by atoms with Crippen LogP contribution in [0.1, 0.15) is 30.4 Å². The highest BCUT2D eigenvalue weighted by Gasteiger charge is 2.11. The molecule has 2 aromatic rings. The lowest BCUT2D eigenvalue weighted by Crippen LogP contribution is -2.33. The van der Waals surface area contributed by atoms with Gasteiger partial charge < -0.3 is 19.3 Å². The standard InChI is InChI=1S/C26H31NO5/c1-30-24-13-9-21(19-26(24)32-17-16-27-14-4-3-5-15-27)7-11-22(28)10-6-20-8-12-23(29)25(18-20)31-2/h6-13,18-19,29H,3-5,14-17H2,1-2H3/b10-6+,11-7+. The molecule has 32 heavy (non-hydrogen) atoms. The van der Waals surface area contributed by atoms with E-state index in [0.29, 0.717) is 23.9 Å². The molecule has 3 rings (SSSR count). The first-order chi connectivity index (χ1) is 15.6. The van der Waals surface area contributed by atoms with E-state index in [1.165, 1.54) is 44.6 Å². The Hall–Kier alpha value is -3.25. The zero-order valence-corrected chi connectivity index (χ0v) is 18.8. The van der Waals surface area contributed by atoms with Crippen LogP contribution in [0.4, 0.5) is 0 Å². The van der Waals surface area contributed by atoms with Crippen molar-refractivity contribution >= 4 is 17.9 Å². The summed E-state index contributed by atoms with van der Waals surface area (Å²) in [6.07, 6.45) is 10.2. The van der Waals surface area contributed by atoms with E-state index in [1.807, 2.05) is 18.2 Å². The molecule has 1 aliphatic heterocycles. The predicted octanol–water partition coefficient (Wildman–Crippen LogP) is 4.57. The molecule has 0 saturated carbocycles. The number of phenols is 1. The second-order valence-corrected chi connectivity index (χ2v) is 7.66. The van der Waals surface area contributed by atoms with Crippen LogP contribution in [0.3, 0.4) is 0 Å². The van der Waals surface area contributed by atoms with Crippen molar-refractivity contribution in [2.45, 2.75) is 19.3 Å². The van der Waals surface area contributed by atoms with E-state index in [2.05, 4.69) is 4.90 Å². The minimum Gasteiger partial charge on any atom is -0.504 e. The summed E-state index contributed by atoms with van der Waals surface area (Å²) < 4.78 is 16.5. The van der Waals surface area contributed by atoms with Gasteiger partial charge in [0.05, 0.1) is 14.2 Å². The summed E-state index contributed by atoms with van der Waals surface area (Å²) in [5.41, 5.74) is 1.61. The second-order valence-electron chi connectivity index (χ2n) is 7.66. The number of allylic oxidation sites excluding steroid dienone is 2. The summed E-state index contributed by atoms with van der Waals surface area (Å²) in [4.78, 5) is 14.7. The SMILES string of the molecule is COc1cc(/C=C/C(=O)/C=C/c2ccc(OC)c(OCCN3CCCCC3)c2)ccc1O. The van der Waals surface area contributed by atoms with E-state index in [4.69, 9.17) is 14.2 Å². The molecule has 0 radical (unpaired) electrons. The fourth-order valence-electron chi connectivity index (χ4n) is 3.59. The molecular formula is C26H31NO5. The molecule has 0 bridgehead atoms. The van der Waals surface area contributed by atoms with Gasteiger partial charge in [0.25, 0.3) is 0 Å². The van der Waals surface area contributed by atoms with Gasteiger partial charge >= 0.3 is 0 Å². The van der Waals surface area contributed by atoms with E-state index < -0.39 is 0 Å². The number of carbonyl (C=O) groups is 1. The Bertz CT molecular complexity index is 961. The normalized spacial score (nSPS) is 14.7. The number of aromatic hydroxyl groups is 1. The average molecular weight is 438 g/mol. The highest BCUT2D eigenvalue weighted by atomic mass is 16.5. The zero-order valence-electron chi connectivity index (χ0n) is 18.8. The molecule has 2 aromatic carbocycles. The lowest BCUT2D eigenvalue weighted by atomic mass is 10.1. The topological polar surface area (TPSA) is 68.2 Å². The molecule has 1 fully saturated rings. The number of hydrogen-bond donors (Lipinski definition) is 1. The van der Waals surface area contributed by atoms with Crippen LogP contribution in [0.25, 0.3) is 12.2 Å². The van der Waals surface area contributed by atoms with Crippen molar-refractivity contribution in [3.63, 3.8) is 0 Å². The number of piperidine rings is 1. The molecule has 0 unspecified atom stereocenters. The number of rotatable bonds is 10. The molecule has 1 N–H and O–H groups in total. The van der Waals surface area contributed by atoms with Gasteiger partial charge in [-0.3, -0.25) is 9.69 Å². The maximum atomic E-state index is 12.3. The number of carbonyl (C=O) groups excluding carboxylic acids is 1. The minimum atomic E-state index is -0.152. The van der Waals surface area contributed by atoms with Gasteiger partial charge in [-0.2, -0.15) is 0 Å². The smallest absolute Gasteiger partial charge is 0.178 e. The van der Waals surface area contributed by atoms with Crippen molar-refractivity contribution in [1.82, 2.24) is 4.90 Å². The van der Waals surface area contributed by atoms with Crippen molar-refractivity contribution in [2.24, 2.45) is 0 Å². The number of likely N-dealkylation sites (tertiary alicyclic amines) is 1. The third kappa shape index (κ3) is 6.89. The number of ketones is 1. The van der Waals surface area contributed by atoms with Crippen LogP contribution in [0.15, 0.2) is 48.6 Å². The third-order valence-corrected chi connectivity index (χ3v) is 5.39. The molecule has 0 amide bonds. The molecule has 6 nitrogen and oxygen atoms in total. The van der Waals surface area contributed by atoms with Crippen LogP contribution in [-0.4, -0.2) is 56.3 Å². The Kier molecular flexibility index (Phi) is 8.75. The van der Waals surface area contributed by atoms with Crippen LogP contribution in [0.2, 0.25) is 0 Å². The van der Waals surface area contributed by atoms with Gasteiger partial charge in [0.1, 0.15) is 6.61 Å². The fraction of sp³-hybridized carbons (Fsp3) is 0.346. The Balaban J connectivity index is 1.59. The molecule has 6 heteroatoms. The van der Waals surface area contributed by atoms with Crippen LogP contribution in [-0.2, 0) is 4.79 Å². The molecule has 1 saturated heterocycles. The lowest BCUT2D eigenvalue weighted by Gasteiger charge is -2.26. The zero-order chi connectivity index (χ0) is 22.8. The summed E-state index contributed by atoms with van der Waals surface area (Å²) in [5.74, 6) is 1.62. The largest absolute Gasteiger partial charge is 0.504 e. The van der Waals surface area contributed by atoms with Gasteiger partial charge in [-0.05, 0) is 73.5 Å². The monoisotopic (exact) mass is 437 g/mol. The fourth-order valence-corrected chi connectivity index (χ4v) is 3.59. The predicted molar refractivity (Wildman–Crippen MR) is 127 cm³/mol. The number of ether oxygens (including phenoxy) is 3. The first-order valence-electron chi connectivity index (χ1n) is 10.9. The number of nitrogens with zero attached hydrogens (tertiary/aromatic N) is 1. The number of methoxy groups -OCH3 is 2. The molecule has 1 aliphatic rings. The van der Waals surface area contributed by atoms with Gasteiger partial charge in [-0.25, -0.2) is 0 Å². The summed E-state index contributed by atoms with van der Waals surface area (Å²) in [5, 5.41) is 9.65. The van der Waals surface area contributed by atoms with Gasteiger partial charge in [-0.15, -0.1) is 0 Å². The van der Waals surface area contributed by atoms with Gasteiger partial charge in [0.2, 0.25) is 0 Å². The average Bonchev–Trinajstić information content (AvgIpc) is 2.83. The van der Waals surface area contributed by atoms with E-state index in [9.17, 15) is 9.90 Å². The summed E-state index contributed by atoms with van der Waals surface area (Å²) in [7, 11) is 3.10. The van der Waals surface area contributed by atoms with Crippen LogP contribution in [0.5, 0.6) is 23.0 Å². The molecule has 1 heterocycles. The Labute approximate surface area is 189 Å². The van der Waals surface area contributed by atoms with Crippen LogP contribution in [0, 0.1) is 0 Å². The Morgan fingerprint density at radius 2 is 1.53 bits per heavy atom. The Morgan fingerprint density at radius 1 is 0.906 bits per heavy atom. The van der Waals surface area contributed by atoms with Crippen LogP contribution < -0.4 is 14.2 Å². The number of benzene rings is 2. The summed E-state index contributed by atoms with van der Waals surface area (Å²) >= 11 is 0. The molecule has 170 valence electrons. The van der Waals surface area contributed by atoms with Gasteiger partial charge in [0.15, 0.2) is 28.8 Å². The van der Waals surface area contributed by atoms with E-state index in [-0.39, 0.29) is 11.5 Å². The maximum Gasteiger partial charge on any atom is 0.178 e. The van der Waals surface area contributed by atoms with Crippen molar-refractivity contribution < 1.29 is 24.1 Å². The van der Waals surface area contributed by atoms with E-state index >= 15 is 0 Å². The van der Waals surface area contributed by atoms with Crippen molar-refractivity contribution in [1.29, 1.82) is 0 Å². The van der Waals surface area contributed by atoms with Gasteiger partial charge in [0, 0.05) is 6.54 Å². The Morgan fingerprint density at radius 3 is 2.19 bits per heavy atom. The van der Waals surface area contributed by atoms with Crippen molar-refractivity contribution in [2.75, 3.05) is 40.5 Å². The highest BCUT2D eigenvalue weighted by Crippen LogP contribution is 2.29. The number of hydrogen-bond acceptors (Lipinski definition) is 6. The molecular weight excluding hydrogens is 406 g/mol. The van der Waals surface area contributed by atoms with Crippen molar-refractivity contribution in [3.8, 4) is 23.0 Å². The van der Waals surface area contributed by atoms with Crippen molar-refractivity contribution in [3.05, 3.63) is 59.7 Å². The quantitative estimate of drug-likeness (QED) is 0.549. The molecule has 0 atom stereocenters. The first kappa shape index (κ1) is 23.4. The number of phenolic OH excluding ortho intramolecular Hbond substituents is 1. The summed E-state index contributed by atoms with van der Waals surface area (Å²) in [6.45, 7) is 3.77. The van der Waals surface area contributed by atoms with E-state index in [0.717, 1.165) is 30.8 Å². The molecule has 0 aliphatic carbocycles. The minimum absolute atomic E-state index is 0.0596. The van der Waals surface area contributed by atoms with Crippen LogP contribution >= 0.6 is 0 Å². The molecule has 0 aromatic heterocycles. The van der Waals surface area contributed by atoms with Gasteiger partial charge in [-0.1, -0.05) is 30.7 Å². The molecule has 0 spiro atoms. The summed E-state index contributed by atoms with van der Waals surface area (Å²) in [6, 6.07) is 10.5.